The molecule has 0 bridgehead atoms. The monoisotopic (exact) mass is 346 g/mol. The topological polar surface area (TPSA) is 70.6 Å². The summed E-state index contributed by atoms with van der Waals surface area (Å²) in [6.45, 7) is 12.8. The lowest BCUT2D eigenvalue weighted by Crippen LogP contribution is -2.33. The largest absolute Gasteiger partial charge is 0.459 e. The van der Waals surface area contributed by atoms with Crippen molar-refractivity contribution < 1.29 is 9.53 Å². The zero-order chi connectivity index (χ0) is 18.1. The number of aromatic nitrogens is 1. The molecule has 0 spiro atoms. The summed E-state index contributed by atoms with van der Waals surface area (Å²) in [4.78, 5) is 21.3. The number of carbonyl (C=O) groups is 1. The third-order valence-electron chi connectivity index (χ3n) is 3.50. The van der Waals surface area contributed by atoms with Gasteiger partial charge in [-0.25, -0.2) is 9.83 Å². The van der Waals surface area contributed by atoms with E-state index in [1.165, 1.54) is 0 Å². The Morgan fingerprint density at radius 1 is 1.54 bits per heavy atom. The van der Waals surface area contributed by atoms with E-state index in [9.17, 15) is 10.1 Å². The number of nitrogens with zero attached hydrogens (tertiary/aromatic N) is 4. The highest BCUT2D eigenvalue weighted by Crippen LogP contribution is 2.49. The van der Waals surface area contributed by atoms with E-state index in [0.717, 1.165) is 12.8 Å². The maximum absolute atomic E-state index is 12.0. The zero-order valence-corrected chi connectivity index (χ0v) is 14.9. The number of hydrogen-bond acceptors (Lipinski definition) is 5. The van der Waals surface area contributed by atoms with Crippen LogP contribution in [0, 0.1) is 17.9 Å². The molecule has 0 radical (unpaired) electrons. The Morgan fingerprint density at radius 3 is 2.62 bits per heavy atom. The highest BCUT2D eigenvalue weighted by Gasteiger charge is 2.33. The van der Waals surface area contributed by atoms with E-state index in [4.69, 9.17) is 22.9 Å². The number of halogens is 1. The molecule has 1 aliphatic rings. The molecule has 6 nitrogen and oxygen atoms in total. The minimum Gasteiger partial charge on any atom is -0.459 e. The third kappa shape index (κ3) is 3.96. The molecule has 2 rings (SSSR count). The molecule has 24 heavy (non-hydrogen) atoms. The number of hydrogen-bond donors (Lipinski definition) is 0. The van der Waals surface area contributed by atoms with Crippen molar-refractivity contribution in [2.45, 2.75) is 45.1 Å². The Hall–Kier alpha value is -2.31. The molecule has 126 valence electrons. The fourth-order valence-electron chi connectivity index (χ4n) is 2.45. The van der Waals surface area contributed by atoms with Crippen molar-refractivity contribution in [2.75, 3.05) is 18.5 Å². The van der Waals surface area contributed by atoms with Crippen molar-refractivity contribution in [1.29, 1.82) is 5.26 Å². The Morgan fingerprint density at radius 2 is 2.17 bits per heavy atom. The average Bonchev–Trinajstić information content (AvgIpc) is 3.28. The number of carbonyl (C=O) groups excluding carboxylic acids is 1. The number of ether oxygens (including phenoxy) is 1. The lowest BCUT2D eigenvalue weighted by molar-refractivity contribution is -0.152. The lowest BCUT2D eigenvalue weighted by atomic mass is 10.0. The van der Waals surface area contributed by atoms with E-state index in [2.05, 4.69) is 9.83 Å². The molecule has 1 heterocycles. The molecule has 0 aromatic carbocycles. The van der Waals surface area contributed by atoms with Gasteiger partial charge in [0.15, 0.2) is 0 Å². The summed E-state index contributed by atoms with van der Waals surface area (Å²) in [6, 6.07) is 2.05. The van der Waals surface area contributed by atoms with Crippen LogP contribution in [-0.4, -0.2) is 30.1 Å². The molecule has 0 N–H and O–H groups in total. The summed E-state index contributed by atoms with van der Waals surface area (Å²) in [7, 11) is 1.65. The number of rotatable bonds is 4. The molecule has 0 atom stereocenters. The highest BCUT2D eigenvalue weighted by molar-refractivity contribution is 6.31. The fraction of sp³-hybridized carbons (Fsp3) is 0.529. The molecule has 1 aromatic heterocycles. The van der Waals surface area contributed by atoms with Gasteiger partial charge in [-0.05, 0) is 45.1 Å². The Labute approximate surface area is 146 Å². The molecule has 1 saturated carbocycles. The van der Waals surface area contributed by atoms with Gasteiger partial charge >= 0.3 is 5.97 Å². The van der Waals surface area contributed by atoms with Gasteiger partial charge in [0.05, 0.1) is 12.1 Å². The third-order valence-corrected chi connectivity index (χ3v) is 3.78. The van der Waals surface area contributed by atoms with E-state index >= 15 is 0 Å². The normalized spacial score (nSPS) is 13.8. The van der Waals surface area contributed by atoms with Crippen LogP contribution in [-0.2, 0) is 9.53 Å². The number of likely N-dealkylation sites (N-methyl/N-ethyl adjacent to an activating group) is 1. The molecule has 1 aromatic rings. The van der Waals surface area contributed by atoms with Crippen LogP contribution in [0.25, 0.3) is 4.85 Å². The van der Waals surface area contributed by atoms with Gasteiger partial charge < -0.3 is 9.64 Å². The maximum atomic E-state index is 12.0. The van der Waals surface area contributed by atoms with Crippen molar-refractivity contribution in [3.63, 3.8) is 0 Å². The second-order valence-corrected chi connectivity index (χ2v) is 7.16. The Kier molecular flexibility index (Phi) is 5.01. The van der Waals surface area contributed by atoms with Crippen molar-refractivity contribution in [2.24, 2.45) is 0 Å². The van der Waals surface area contributed by atoms with Gasteiger partial charge in [0.1, 0.15) is 29.2 Å². The summed E-state index contributed by atoms with van der Waals surface area (Å²) < 4.78 is 5.30. The van der Waals surface area contributed by atoms with Gasteiger partial charge in [0.25, 0.3) is 0 Å². The summed E-state index contributed by atoms with van der Waals surface area (Å²) in [6.07, 6.45) is 1.85. The quantitative estimate of drug-likeness (QED) is 0.471. The first-order chi connectivity index (χ1) is 11.2. The van der Waals surface area contributed by atoms with Crippen LogP contribution < -0.4 is 4.90 Å². The Bertz CT molecular complexity index is 752. The van der Waals surface area contributed by atoms with Crippen LogP contribution in [0.15, 0.2) is 0 Å². The molecule has 1 fully saturated rings. The predicted molar refractivity (Wildman–Crippen MR) is 91.3 cm³/mol. The van der Waals surface area contributed by atoms with Crippen molar-refractivity contribution >= 4 is 29.1 Å². The van der Waals surface area contributed by atoms with E-state index in [1.807, 2.05) is 6.07 Å². The number of pyridine rings is 1. The second-order valence-electron chi connectivity index (χ2n) is 6.80. The first-order valence-corrected chi connectivity index (χ1v) is 7.99. The van der Waals surface area contributed by atoms with Crippen LogP contribution in [0.4, 0.5) is 11.5 Å². The molecule has 0 saturated heterocycles. The lowest BCUT2D eigenvalue weighted by Gasteiger charge is -2.24. The molecular formula is C17H19ClN4O2. The minimum atomic E-state index is -0.588. The number of nitriles is 1. The standard InChI is InChI=1S/C17H19ClN4O2/c1-17(2,3)24-12(23)9-22(5)16-14(20-4)13(10-6-7-10)11(8-19)15(18)21-16/h10H,6-7,9H2,1-3,5H3. The van der Waals surface area contributed by atoms with Crippen LogP contribution in [0.1, 0.15) is 50.7 Å². The summed E-state index contributed by atoms with van der Waals surface area (Å²) >= 11 is 6.14. The van der Waals surface area contributed by atoms with Crippen molar-refractivity contribution in [3.05, 3.63) is 27.7 Å². The van der Waals surface area contributed by atoms with Crippen molar-refractivity contribution in [3.8, 4) is 6.07 Å². The van der Waals surface area contributed by atoms with E-state index in [1.54, 1.807) is 32.7 Å². The van der Waals surface area contributed by atoms with Gasteiger partial charge in [0, 0.05) is 7.05 Å². The SMILES string of the molecule is [C-]#[N+]c1c(N(C)CC(=O)OC(C)(C)C)nc(Cl)c(C#N)c1C1CC1. The number of anilines is 1. The molecule has 1 aliphatic carbocycles. The average molecular weight is 347 g/mol. The van der Waals surface area contributed by atoms with Crippen LogP contribution >= 0.6 is 11.6 Å². The Balaban J connectivity index is 2.38. The molecular weight excluding hydrogens is 328 g/mol. The highest BCUT2D eigenvalue weighted by atomic mass is 35.5. The van der Waals surface area contributed by atoms with Gasteiger partial charge in [-0.3, -0.25) is 4.79 Å². The van der Waals surface area contributed by atoms with Gasteiger partial charge in [-0.15, -0.1) is 0 Å². The molecule has 0 amide bonds. The number of esters is 1. The van der Waals surface area contributed by atoms with Gasteiger partial charge in [-0.2, -0.15) is 5.26 Å². The van der Waals surface area contributed by atoms with Gasteiger partial charge in [0.2, 0.25) is 5.69 Å². The smallest absolute Gasteiger partial charge is 0.326 e. The van der Waals surface area contributed by atoms with Crippen LogP contribution in [0.2, 0.25) is 5.15 Å². The zero-order valence-electron chi connectivity index (χ0n) is 14.2. The van der Waals surface area contributed by atoms with Gasteiger partial charge in [-0.1, -0.05) is 11.6 Å². The summed E-state index contributed by atoms with van der Waals surface area (Å²) in [5.41, 5.74) is 0.623. The van der Waals surface area contributed by atoms with Crippen molar-refractivity contribution in [1.82, 2.24) is 4.98 Å². The first-order valence-electron chi connectivity index (χ1n) is 7.62. The predicted octanol–water partition coefficient (Wildman–Crippen LogP) is 3.81. The minimum absolute atomic E-state index is 0.0564. The first kappa shape index (κ1) is 18.0. The van der Waals surface area contributed by atoms with Crippen LogP contribution in [0.5, 0.6) is 0 Å². The molecule has 7 heteroatoms. The van der Waals surface area contributed by atoms with Crippen LogP contribution in [0.3, 0.4) is 0 Å². The molecule has 0 unspecified atom stereocenters. The van der Waals surface area contributed by atoms with E-state index in [0.29, 0.717) is 17.1 Å². The second kappa shape index (κ2) is 6.67. The van der Waals surface area contributed by atoms with E-state index < -0.39 is 11.6 Å². The fourth-order valence-corrected chi connectivity index (χ4v) is 2.67. The van der Waals surface area contributed by atoms with E-state index in [-0.39, 0.29) is 23.2 Å². The maximum Gasteiger partial charge on any atom is 0.326 e. The molecule has 0 aliphatic heterocycles. The summed E-state index contributed by atoms with van der Waals surface area (Å²) in [5.74, 6) is 0.0517. The summed E-state index contributed by atoms with van der Waals surface area (Å²) in [5, 5.41) is 9.40.